The topological polar surface area (TPSA) is 60.9 Å². The Hall–Kier alpha value is -2.60. The first-order valence-corrected chi connectivity index (χ1v) is 8.20. The van der Waals surface area contributed by atoms with Gasteiger partial charge in [0.1, 0.15) is 17.5 Å². The van der Waals surface area contributed by atoms with E-state index in [0.717, 1.165) is 36.6 Å². The number of aromatic nitrogens is 2. The van der Waals surface area contributed by atoms with E-state index < -0.39 is 17.7 Å². The minimum absolute atomic E-state index is 0.103. The fourth-order valence-electron chi connectivity index (χ4n) is 3.22. The molecule has 1 aliphatic carbocycles. The van der Waals surface area contributed by atoms with Gasteiger partial charge in [-0.25, -0.2) is 13.8 Å². The van der Waals surface area contributed by atoms with E-state index in [9.17, 15) is 13.6 Å². The predicted molar refractivity (Wildman–Crippen MR) is 91.6 cm³/mol. The molecule has 1 aromatic heterocycles. The first kappa shape index (κ1) is 15.9. The highest BCUT2D eigenvalue weighted by molar-refractivity contribution is 5.81. The van der Waals surface area contributed by atoms with Gasteiger partial charge in [0.15, 0.2) is 0 Å². The standard InChI is InChI=1S/C19H17F2N3O/c1-10-3-2-4-15-16(10)19(25)24(14-8-12(20)7-13(21)9-14)18(23-15)17(22)11-5-6-11/h2-4,7-9,11,17H,5-6,22H2,1H3. The molecule has 1 aliphatic rings. The molecule has 2 N–H and O–H groups in total. The number of nitrogens with zero attached hydrogens (tertiary/aromatic N) is 2. The van der Waals surface area contributed by atoms with Crippen molar-refractivity contribution >= 4 is 10.9 Å². The van der Waals surface area contributed by atoms with Gasteiger partial charge in [0.2, 0.25) is 0 Å². The van der Waals surface area contributed by atoms with Crippen molar-refractivity contribution in [3.63, 3.8) is 0 Å². The van der Waals surface area contributed by atoms with E-state index in [1.54, 1.807) is 6.07 Å². The second-order valence-corrected chi connectivity index (χ2v) is 6.57. The van der Waals surface area contributed by atoms with Crippen LogP contribution in [0.2, 0.25) is 0 Å². The van der Waals surface area contributed by atoms with Gasteiger partial charge in [-0.2, -0.15) is 0 Å². The molecule has 4 rings (SSSR count). The van der Waals surface area contributed by atoms with Crippen LogP contribution in [-0.2, 0) is 0 Å². The Morgan fingerprint density at radius 2 is 1.88 bits per heavy atom. The smallest absolute Gasteiger partial charge is 0.266 e. The van der Waals surface area contributed by atoms with Gasteiger partial charge in [0, 0.05) is 6.07 Å². The molecule has 0 radical (unpaired) electrons. The molecular weight excluding hydrogens is 324 g/mol. The number of nitrogens with two attached hydrogens (primary N) is 1. The first-order chi connectivity index (χ1) is 12.0. The molecular formula is C19H17F2N3O. The zero-order valence-electron chi connectivity index (χ0n) is 13.7. The van der Waals surface area contributed by atoms with Gasteiger partial charge in [-0.3, -0.25) is 9.36 Å². The summed E-state index contributed by atoms with van der Waals surface area (Å²) in [5, 5.41) is 0.430. The third-order valence-electron chi connectivity index (χ3n) is 4.67. The van der Waals surface area contributed by atoms with E-state index in [4.69, 9.17) is 5.73 Å². The average Bonchev–Trinajstić information content (AvgIpc) is 3.37. The average molecular weight is 341 g/mol. The van der Waals surface area contributed by atoms with E-state index in [2.05, 4.69) is 4.98 Å². The maximum absolute atomic E-state index is 13.7. The molecule has 1 saturated carbocycles. The monoisotopic (exact) mass is 341 g/mol. The highest BCUT2D eigenvalue weighted by atomic mass is 19.1. The van der Waals surface area contributed by atoms with Gasteiger partial charge in [-0.15, -0.1) is 0 Å². The van der Waals surface area contributed by atoms with Crippen LogP contribution in [0, 0.1) is 24.5 Å². The van der Waals surface area contributed by atoms with Crippen LogP contribution in [-0.4, -0.2) is 9.55 Å². The normalized spacial score (nSPS) is 15.5. The van der Waals surface area contributed by atoms with Crippen LogP contribution in [0.3, 0.4) is 0 Å². The van der Waals surface area contributed by atoms with Crippen LogP contribution in [0.1, 0.15) is 30.3 Å². The quantitative estimate of drug-likeness (QED) is 0.794. The Bertz CT molecular complexity index is 1020. The minimum Gasteiger partial charge on any atom is -0.321 e. The summed E-state index contributed by atoms with van der Waals surface area (Å²) in [7, 11) is 0. The van der Waals surface area contributed by atoms with Crippen LogP contribution in [0.25, 0.3) is 16.6 Å². The molecule has 3 aromatic rings. The van der Waals surface area contributed by atoms with Crippen LogP contribution >= 0.6 is 0 Å². The largest absolute Gasteiger partial charge is 0.321 e. The lowest BCUT2D eigenvalue weighted by Crippen LogP contribution is -2.30. The molecule has 0 amide bonds. The zero-order valence-corrected chi connectivity index (χ0v) is 13.7. The second kappa shape index (κ2) is 5.74. The Labute approximate surface area is 142 Å². The lowest BCUT2D eigenvalue weighted by molar-refractivity contribution is 0.563. The molecule has 0 spiro atoms. The van der Waals surface area contributed by atoms with E-state index in [1.807, 2.05) is 19.1 Å². The van der Waals surface area contributed by atoms with Gasteiger partial charge >= 0.3 is 0 Å². The molecule has 0 aliphatic heterocycles. The molecule has 1 unspecified atom stereocenters. The van der Waals surface area contributed by atoms with Crippen molar-refractivity contribution in [1.29, 1.82) is 0 Å². The van der Waals surface area contributed by atoms with E-state index >= 15 is 0 Å². The fraction of sp³-hybridized carbons (Fsp3) is 0.263. The van der Waals surface area contributed by atoms with Crippen LogP contribution < -0.4 is 11.3 Å². The molecule has 1 atom stereocenters. The Morgan fingerprint density at radius 3 is 2.52 bits per heavy atom. The first-order valence-electron chi connectivity index (χ1n) is 8.20. The Kier molecular flexibility index (Phi) is 3.65. The molecule has 0 bridgehead atoms. The van der Waals surface area contributed by atoms with Crippen LogP contribution in [0.4, 0.5) is 8.78 Å². The fourth-order valence-corrected chi connectivity index (χ4v) is 3.22. The summed E-state index contributed by atoms with van der Waals surface area (Å²) < 4.78 is 28.7. The lowest BCUT2D eigenvalue weighted by Gasteiger charge is -2.19. The summed E-state index contributed by atoms with van der Waals surface area (Å²) in [5.74, 6) is -0.926. The number of benzene rings is 2. The molecule has 1 heterocycles. The summed E-state index contributed by atoms with van der Waals surface area (Å²) in [4.78, 5) is 17.7. The van der Waals surface area contributed by atoms with Gasteiger partial charge in [0.25, 0.3) is 5.56 Å². The number of rotatable bonds is 3. The van der Waals surface area contributed by atoms with E-state index in [-0.39, 0.29) is 17.2 Å². The SMILES string of the molecule is Cc1cccc2nc(C(N)C3CC3)n(-c3cc(F)cc(F)c3)c(=O)c12. The maximum Gasteiger partial charge on any atom is 0.266 e. The summed E-state index contributed by atoms with van der Waals surface area (Å²) in [6.45, 7) is 1.81. The van der Waals surface area contributed by atoms with Crippen molar-refractivity contribution in [2.75, 3.05) is 0 Å². The molecule has 128 valence electrons. The van der Waals surface area contributed by atoms with Gasteiger partial charge < -0.3 is 5.73 Å². The predicted octanol–water partition coefficient (Wildman–Crippen LogP) is 3.38. The summed E-state index contributed by atoms with van der Waals surface area (Å²) in [5.41, 5.74) is 7.35. The maximum atomic E-state index is 13.7. The highest BCUT2D eigenvalue weighted by Crippen LogP contribution is 2.39. The van der Waals surface area contributed by atoms with Crippen LogP contribution in [0.5, 0.6) is 0 Å². The molecule has 0 saturated heterocycles. The molecule has 25 heavy (non-hydrogen) atoms. The number of fused-ring (bicyclic) bond motifs is 1. The van der Waals surface area contributed by atoms with E-state index in [1.165, 1.54) is 4.57 Å². The minimum atomic E-state index is -0.752. The molecule has 1 fully saturated rings. The van der Waals surface area contributed by atoms with Crippen molar-refractivity contribution in [3.05, 3.63) is 69.8 Å². The molecule has 2 aromatic carbocycles. The summed E-state index contributed by atoms with van der Waals surface area (Å²) in [6, 6.07) is 7.95. The third-order valence-corrected chi connectivity index (χ3v) is 4.67. The number of halogens is 2. The van der Waals surface area contributed by atoms with Crippen molar-refractivity contribution in [2.45, 2.75) is 25.8 Å². The Morgan fingerprint density at radius 1 is 1.20 bits per heavy atom. The zero-order chi connectivity index (χ0) is 17.7. The van der Waals surface area contributed by atoms with Crippen LogP contribution in [0.15, 0.2) is 41.2 Å². The molecule has 4 nitrogen and oxygen atoms in total. The molecule has 6 heteroatoms. The number of aryl methyl sites for hydroxylation is 1. The van der Waals surface area contributed by atoms with E-state index in [0.29, 0.717) is 16.7 Å². The lowest BCUT2D eigenvalue weighted by atomic mass is 10.1. The van der Waals surface area contributed by atoms with Gasteiger partial charge in [-0.05, 0) is 49.4 Å². The summed E-state index contributed by atoms with van der Waals surface area (Å²) >= 11 is 0. The van der Waals surface area contributed by atoms with Crippen molar-refractivity contribution in [1.82, 2.24) is 9.55 Å². The summed E-state index contributed by atoms with van der Waals surface area (Å²) in [6.07, 6.45) is 1.92. The van der Waals surface area contributed by atoms with Crippen molar-refractivity contribution in [3.8, 4) is 5.69 Å². The van der Waals surface area contributed by atoms with Gasteiger partial charge in [-0.1, -0.05) is 12.1 Å². The van der Waals surface area contributed by atoms with Crippen molar-refractivity contribution in [2.24, 2.45) is 11.7 Å². The number of hydrogen-bond acceptors (Lipinski definition) is 3. The van der Waals surface area contributed by atoms with Gasteiger partial charge in [0.05, 0.1) is 22.6 Å². The van der Waals surface area contributed by atoms with Crippen molar-refractivity contribution < 1.29 is 8.78 Å². The highest BCUT2D eigenvalue weighted by Gasteiger charge is 2.33. The second-order valence-electron chi connectivity index (χ2n) is 6.57. The Balaban J connectivity index is 2.09. The third kappa shape index (κ3) is 2.72. The number of hydrogen-bond donors (Lipinski definition) is 1.